The van der Waals surface area contributed by atoms with Gasteiger partial charge in [-0.1, -0.05) is 75.1 Å². The quantitative estimate of drug-likeness (QED) is 0.334. The summed E-state index contributed by atoms with van der Waals surface area (Å²) in [5, 5.41) is 11.3. The van der Waals surface area contributed by atoms with Crippen molar-refractivity contribution in [3.05, 3.63) is 72.0 Å². The van der Waals surface area contributed by atoms with E-state index in [0.29, 0.717) is 5.56 Å². The number of halogens is 2. The third kappa shape index (κ3) is 9.18. The van der Waals surface area contributed by atoms with E-state index < -0.39 is 12.2 Å². The molecular weight excluding hydrogens is 410 g/mol. The second-order valence-corrected chi connectivity index (χ2v) is 8.23. The predicted octanol–water partition coefficient (Wildman–Crippen LogP) is 5.88. The largest absolute Gasteiger partial charge is 0.507 e. The molecule has 32 heavy (non-hydrogen) atoms. The van der Waals surface area contributed by atoms with Gasteiger partial charge >= 0.3 is 0 Å². The summed E-state index contributed by atoms with van der Waals surface area (Å²) < 4.78 is 21.6. The molecule has 0 radical (unpaired) electrons. The van der Waals surface area contributed by atoms with Crippen molar-refractivity contribution in [2.75, 3.05) is 13.1 Å². The molecule has 0 spiro atoms. The van der Waals surface area contributed by atoms with E-state index in [4.69, 9.17) is 10.8 Å². The maximum Gasteiger partial charge on any atom is 0.293 e. The number of nitrogens with two attached hydrogens (primary N) is 1. The van der Waals surface area contributed by atoms with Crippen molar-refractivity contribution in [1.82, 2.24) is 5.32 Å². The molecule has 4 nitrogen and oxygen atoms in total. The van der Waals surface area contributed by atoms with Crippen molar-refractivity contribution in [3.63, 3.8) is 0 Å². The number of alkyl halides is 2. The molecule has 0 unspecified atom stereocenters. The second-order valence-electron chi connectivity index (χ2n) is 8.23. The van der Waals surface area contributed by atoms with Crippen molar-refractivity contribution in [3.8, 4) is 11.1 Å². The molecule has 4 N–H and O–H groups in total. The van der Waals surface area contributed by atoms with E-state index in [2.05, 4.69) is 36.2 Å². The Kier molecular flexibility index (Phi) is 10.9. The van der Waals surface area contributed by atoms with E-state index >= 15 is 0 Å². The number of rotatable bonds is 9. The molecule has 3 rings (SSSR count). The topological polar surface area (TPSA) is 75.3 Å². The summed E-state index contributed by atoms with van der Waals surface area (Å²) in [4.78, 5) is 11.4. The van der Waals surface area contributed by atoms with Gasteiger partial charge in [0.2, 0.25) is 5.91 Å². The smallest absolute Gasteiger partial charge is 0.293 e. The van der Waals surface area contributed by atoms with Gasteiger partial charge in [0.25, 0.3) is 6.43 Å². The SMILES string of the molecule is C=C(O)C(F)F.NC(=O)c1cccc(-c2cccc(CCNCCC3CCCCC3)c2)c1. The number of hydrogen-bond donors (Lipinski definition) is 3. The zero-order valence-corrected chi connectivity index (χ0v) is 18.5. The zero-order valence-electron chi connectivity index (χ0n) is 18.5. The van der Waals surface area contributed by atoms with Gasteiger partial charge in [-0.25, -0.2) is 8.78 Å². The number of carbonyl (C=O) groups excluding carboxylic acids is 1. The molecule has 1 fully saturated rings. The molecule has 174 valence electrons. The molecule has 2 aromatic rings. The van der Waals surface area contributed by atoms with Crippen LogP contribution in [-0.2, 0) is 6.42 Å². The summed E-state index contributed by atoms with van der Waals surface area (Å²) in [7, 11) is 0. The average molecular weight is 445 g/mol. The van der Waals surface area contributed by atoms with E-state index in [0.717, 1.165) is 36.6 Å². The Morgan fingerprint density at radius 1 is 1.06 bits per heavy atom. The minimum absolute atomic E-state index is 0.384. The molecule has 1 aliphatic carbocycles. The lowest BCUT2D eigenvalue weighted by Gasteiger charge is -2.21. The van der Waals surface area contributed by atoms with Gasteiger partial charge in [-0.15, -0.1) is 0 Å². The van der Waals surface area contributed by atoms with Crippen LogP contribution in [0.15, 0.2) is 60.9 Å². The van der Waals surface area contributed by atoms with Crippen molar-refractivity contribution in [2.45, 2.75) is 51.4 Å². The monoisotopic (exact) mass is 444 g/mol. The fourth-order valence-corrected chi connectivity index (χ4v) is 3.90. The Hall–Kier alpha value is -2.73. The highest BCUT2D eigenvalue weighted by Gasteiger charge is 2.12. The van der Waals surface area contributed by atoms with E-state index in [1.807, 2.05) is 18.2 Å². The molecule has 0 atom stereocenters. The summed E-state index contributed by atoms with van der Waals surface area (Å²) >= 11 is 0. The second kappa shape index (κ2) is 13.6. The first kappa shape index (κ1) is 25.5. The minimum atomic E-state index is -2.79. The number of amides is 1. The molecule has 0 saturated heterocycles. The van der Waals surface area contributed by atoms with Crippen LogP contribution in [0.1, 0.15) is 54.4 Å². The highest BCUT2D eigenvalue weighted by Crippen LogP contribution is 2.25. The number of aliphatic hydroxyl groups excluding tert-OH is 1. The van der Waals surface area contributed by atoms with Crippen molar-refractivity contribution in [1.29, 1.82) is 0 Å². The van der Waals surface area contributed by atoms with Gasteiger partial charge < -0.3 is 16.2 Å². The van der Waals surface area contributed by atoms with Crippen molar-refractivity contribution < 1.29 is 18.7 Å². The van der Waals surface area contributed by atoms with Crippen LogP contribution in [0.3, 0.4) is 0 Å². The number of allylic oxidation sites excluding steroid dienone is 1. The van der Waals surface area contributed by atoms with Crippen LogP contribution in [0.25, 0.3) is 11.1 Å². The molecule has 0 aliphatic heterocycles. The Morgan fingerprint density at radius 2 is 1.69 bits per heavy atom. The fraction of sp³-hybridized carbons (Fsp3) is 0.423. The number of hydrogen-bond acceptors (Lipinski definition) is 3. The van der Waals surface area contributed by atoms with Crippen LogP contribution >= 0.6 is 0 Å². The third-order valence-electron chi connectivity index (χ3n) is 5.70. The summed E-state index contributed by atoms with van der Waals surface area (Å²) in [6, 6.07) is 16.1. The van der Waals surface area contributed by atoms with Crippen LogP contribution in [0.4, 0.5) is 8.78 Å². The van der Waals surface area contributed by atoms with Gasteiger partial charge in [-0.05, 0) is 60.7 Å². The highest BCUT2D eigenvalue weighted by molar-refractivity contribution is 5.94. The molecule has 0 aromatic heterocycles. The average Bonchev–Trinajstić information content (AvgIpc) is 2.80. The maximum absolute atomic E-state index is 11.4. The lowest BCUT2D eigenvalue weighted by atomic mass is 9.87. The molecule has 1 amide bonds. The van der Waals surface area contributed by atoms with Crippen molar-refractivity contribution >= 4 is 5.91 Å². The van der Waals surface area contributed by atoms with E-state index in [-0.39, 0.29) is 5.91 Å². The fourth-order valence-electron chi connectivity index (χ4n) is 3.90. The first-order valence-corrected chi connectivity index (χ1v) is 11.2. The Balaban J connectivity index is 0.000000534. The van der Waals surface area contributed by atoms with Crippen LogP contribution in [-0.4, -0.2) is 30.5 Å². The number of aliphatic hydroxyl groups is 1. The lowest BCUT2D eigenvalue weighted by Crippen LogP contribution is -2.21. The highest BCUT2D eigenvalue weighted by atomic mass is 19.3. The Bertz CT molecular complexity index is 864. The maximum atomic E-state index is 11.4. The summed E-state index contributed by atoms with van der Waals surface area (Å²) in [6.07, 6.45) is 6.69. The normalized spacial score (nSPS) is 14.0. The van der Waals surface area contributed by atoms with Crippen LogP contribution in [0, 0.1) is 5.92 Å². The first-order chi connectivity index (χ1) is 15.4. The molecule has 2 aromatic carbocycles. The van der Waals surface area contributed by atoms with Gasteiger partial charge in [0.05, 0.1) is 0 Å². The summed E-state index contributed by atoms with van der Waals surface area (Å²) in [5.41, 5.74) is 9.43. The molecular formula is C26H34F2N2O2. The van der Waals surface area contributed by atoms with Gasteiger partial charge in [-0.2, -0.15) is 0 Å². The molecule has 1 aliphatic rings. The minimum Gasteiger partial charge on any atom is -0.507 e. The predicted molar refractivity (Wildman–Crippen MR) is 126 cm³/mol. The summed E-state index contributed by atoms with van der Waals surface area (Å²) in [6.45, 7) is 4.70. The molecule has 1 saturated carbocycles. The van der Waals surface area contributed by atoms with E-state index in [9.17, 15) is 13.6 Å². The van der Waals surface area contributed by atoms with Crippen LogP contribution < -0.4 is 11.1 Å². The number of primary amides is 1. The van der Waals surface area contributed by atoms with Gasteiger partial charge in [-0.3, -0.25) is 4.79 Å². The third-order valence-corrected chi connectivity index (χ3v) is 5.70. The summed E-state index contributed by atoms with van der Waals surface area (Å²) in [5.74, 6) is -0.516. The van der Waals surface area contributed by atoms with Gasteiger partial charge in [0.1, 0.15) is 0 Å². The number of benzene rings is 2. The Labute approximate surface area is 189 Å². The molecule has 0 bridgehead atoms. The lowest BCUT2D eigenvalue weighted by molar-refractivity contribution is 0.100. The van der Waals surface area contributed by atoms with E-state index in [1.165, 1.54) is 44.1 Å². The standard InChI is InChI=1S/C23H30N2O.C3H4F2O/c24-23(26)22-11-5-10-21(17-22)20-9-4-8-19(16-20)13-15-25-14-12-18-6-2-1-3-7-18;1-2(6)3(4)5/h4-5,8-11,16-18,25H,1-3,6-7,12-15H2,(H2,24,26);3,6H,1H2. The molecule has 0 heterocycles. The van der Waals surface area contributed by atoms with Crippen molar-refractivity contribution in [2.24, 2.45) is 11.7 Å². The first-order valence-electron chi connectivity index (χ1n) is 11.2. The Morgan fingerprint density at radius 3 is 2.31 bits per heavy atom. The number of nitrogens with one attached hydrogen (secondary N) is 1. The number of carbonyl (C=O) groups is 1. The van der Waals surface area contributed by atoms with Crippen LogP contribution in [0.5, 0.6) is 0 Å². The van der Waals surface area contributed by atoms with E-state index in [1.54, 1.807) is 6.07 Å². The molecule has 6 heteroatoms. The van der Waals surface area contributed by atoms with Gasteiger partial charge in [0, 0.05) is 5.56 Å². The van der Waals surface area contributed by atoms with Gasteiger partial charge in [0.15, 0.2) is 5.76 Å². The van der Waals surface area contributed by atoms with Crippen LogP contribution in [0.2, 0.25) is 0 Å². The zero-order chi connectivity index (χ0) is 23.3.